The molecule has 0 saturated heterocycles. The van der Waals surface area contributed by atoms with Gasteiger partial charge in [0.2, 0.25) is 5.91 Å². The van der Waals surface area contributed by atoms with E-state index in [-0.39, 0.29) is 17.6 Å². The lowest BCUT2D eigenvalue weighted by molar-refractivity contribution is -0.121. The zero-order valence-electron chi connectivity index (χ0n) is 14.8. The van der Waals surface area contributed by atoms with Crippen molar-refractivity contribution in [3.8, 4) is 5.75 Å². The minimum absolute atomic E-state index is 0.0124. The highest BCUT2D eigenvalue weighted by Crippen LogP contribution is 2.39. The lowest BCUT2D eigenvalue weighted by Crippen LogP contribution is -2.41. The monoisotopic (exact) mass is 323 g/mol. The summed E-state index contributed by atoms with van der Waals surface area (Å²) in [4.78, 5) is 12.5. The Morgan fingerprint density at radius 3 is 2.50 bits per heavy atom. The van der Waals surface area contributed by atoms with Crippen LogP contribution in [0.1, 0.15) is 48.6 Å². The van der Waals surface area contributed by atoms with Crippen molar-refractivity contribution in [3.05, 3.63) is 64.7 Å². The normalized spacial score (nSPS) is 18.4. The van der Waals surface area contributed by atoms with E-state index in [0.29, 0.717) is 6.42 Å². The summed E-state index contributed by atoms with van der Waals surface area (Å²) in [5, 5.41) is 3.20. The predicted octanol–water partition coefficient (Wildman–Crippen LogP) is 4.26. The first-order chi connectivity index (χ1) is 11.3. The molecule has 2 aromatic rings. The van der Waals surface area contributed by atoms with Gasteiger partial charge in [-0.05, 0) is 39.3 Å². The van der Waals surface area contributed by atoms with Crippen molar-refractivity contribution in [3.63, 3.8) is 0 Å². The van der Waals surface area contributed by atoms with Gasteiger partial charge in [-0.15, -0.1) is 0 Å². The van der Waals surface area contributed by atoms with Gasteiger partial charge in [-0.25, -0.2) is 0 Å². The van der Waals surface area contributed by atoms with E-state index < -0.39 is 0 Å². The van der Waals surface area contributed by atoms with Gasteiger partial charge in [0, 0.05) is 12.0 Å². The van der Waals surface area contributed by atoms with E-state index in [1.807, 2.05) is 43.3 Å². The predicted molar refractivity (Wildman–Crippen MR) is 96.3 cm³/mol. The highest BCUT2D eigenvalue weighted by atomic mass is 16.5. The van der Waals surface area contributed by atoms with E-state index in [1.165, 1.54) is 11.1 Å². The molecule has 1 N–H and O–H groups in total. The largest absolute Gasteiger partial charge is 0.487 e. The van der Waals surface area contributed by atoms with Crippen molar-refractivity contribution in [1.82, 2.24) is 5.32 Å². The van der Waals surface area contributed by atoms with Gasteiger partial charge in [0.05, 0.1) is 12.5 Å². The molecule has 0 aromatic heterocycles. The van der Waals surface area contributed by atoms with Gasteiger partial charge in [0.25, 0.3) is 0 Å². The Bertz CT molecular complexity index is 747. The first-order valence-corrected chi connectivity index (χ1v) is 8.47. The molecule has 0 unspecified atom stereocenters. The minimum atomic E-state index is -0.288. The lowest BCUT2D eigenvalue weighted by atomic mass is 9.89. The third-order valence-electron chi connectivity index (χ3n) is 4.44. The molecule has 1 aliphatic rings. The average Bonchev–Trinajstić information content (AvgIpc) is 2.49. The Morgan fingerprint density at radius 2 is 1.79 bits per heavy atom. The molecule has 24 heavy (non-hydrogen) atoms. The number of ether oxygens (including phenoxy) is 1. The van der Waals surface area contributed by atoms with Gasteiger partial charge < -0.3 is 10.1 Å². The Morgan fingerprint density at radius 1 is 1.12 bits per heavy atom. The maximum Gasteiger partial charge on any atom is 0.224 e. The summed E-state index contributed by atoms with van der Waals surface area (Å²) in [6.07, 6.45) is 1.17. The van der Waals surface area contributed by atoms with Crippen molar-refractivity contribution >= 4 is 5.91 Å². The molecule has 3 rings (SSSR count). The highest BCUT2D eigenvalue weighted by molar-refractivity contribution is 5.79. The fraction of sp³-hybridized carbons (Fsp3) is 0.381. The number of carbonyl (C=O) groups excluding carboxylic acids is 1. The third kappa shape index (κ3) is 3.78. The maximum atomic E-state index is 12.5. The number of nitrogens with one attached hydrogen (secondary N) is 1. The summed E-state index contributed by atoms with van der Waals surface area (Å²) in [5.74, 6) is 0.923. The van der Waals surface area contributed by atoms with Gasteiger partial charge >= 0.3 is 0 Å². The number of rotatable bonds is 3. The van der Waals surface area contributed by atoms with Crippen LogP contribution >= 0.6 is 0 Å². The SMILES string of the molecule is Cc1ccc(CC(=O)N[C@H]2CC(C)(C)Oc3ccc(C)cc32)cc1. The zero-order valence-corrected chi connectivity index (χ0v) is 14.8. The smallest absolute Gasteiger partial charge is 0.224 e. The van der Waals surface area contributed by atoms with Crippen molar-refractivity contribution < 1.29 is 9.53 Å². The van der Waals surface area contributed by atoms with Crippen LogP contribution in [-0.2, 0) is 11.2 Å². The topological polar surface area (TPSA) is 38.3 Å². The van der Waals surface area contributed by atoms with Crippen LogP contribution in [0.3, 0.4) is 0 Å². The molecule has 1 heterocycles. The molecular formula is C21H25NO2. The van der Waals surface area contributed by atoms with Crippen molar-refractivity contribution in [1.29, 1.82) is 0 Å². The van der Waals surface area contributed by atoms with E-state index in [4.69, 9.17) is 4.74 Å². The van der Waals surface area contributed by atoms with Gasteiger partial charge in [0.15, 0.2) is 0 Å². The molecule has 1 aliphatic heterocycles. The molecular weight excluding hydrogens is 298 g/mol. The second-order valence-electron chi connectivity index (χ2n) is 7.39. The van der Waals surface area contributed by atoms with E-state index in [0.717, 1.165) is 23.3 Å². The minimum Gasteiger partial charge on any atom is -0.487 e. The summed E-state index contributed by atoms with van der Waals surface area (Å²) >= 11 is 0. The molecule has 0 aliphatic carbocycles. The number of fused-ring (bicyclic) bond motifs is 1. The molecule has 0 fully saturated rings. The molecule has 1 atom stereocenters. The maximum absolute atomic E-state index is 12.5. The van der Waals surface area contributed by atoms with Crippen molar-refractivity contribution in [2.75, 3.05) is 0 Å². The Hall–Kier alpha value is -2.29. The highest BCUT2D eigenvalue weighted by Gasteiger charge is 2.34. The van der Waals surface area contributed by atoms with Crippen LogP contribution in [0.4, 0.5) is 0 Å². The van der Waals surface area contributed by atoms with Crippen LogP contribution in [0.5, 0.6) is 5.75 Å². The molecule has 0 bridgehead atoms. The van der Waals surface area contributed by atoms with Gasteiger partial charge in [-0.3, -0.25) is 4.79 Å². The van der Waals surface area contributed by atoms with Crippen LogP contribution in [0.15, 0.2) is 42.5 Å². The lowest BCUT2D eigenvalue weighted by Gasteiger charge is -2.38. The van der Waals surface area contributed by atoms with E-state index in [2.05, 4.69) is 32.2 Å². The number of aryl methyl sites for hydroxylation is 2. The molecule has 3 nitrogen and oxygen atoms in total. The quantitative estimate of drug-likeness (QED) is 0.916. The molecule has 1 amide bonds. The van der Waals surface area contributed by atoms with Crippen LogP contribution in [0.25, 0.3) is 0 Å². The van der Waals surface area contributed by atoms with Gasteiger partial charge in [-0.2, -0.15) is 0 Å². The third-order valence-corrected chi connectivity index (χ3v) is 4.44. The van der Waals surface area contributed by atoms with Crippen LogP contribution < -0.4 is 10.1 Å². The molecule has 2 aromatic carbocycles. The molecule has 3 heteroatoms. The number of benzene rings is 2. The fourth-order valence-corrected chi connectivity index (χ4v) is 3.24. The standard InChI is InChI=1S/C21H25NO2/c1-14-5-8-16(9-6-14)12-20(23)22-18-13-21(3,4)24-19-10-7-15(2)11-17(18)19/h5-11,18H,12-13H2,1-4H3,(H,22,23)/t18-/m0/s1. The molecule has 0 spiro atoms. The molecule has 126 valence electrons. The van der Waals surface area contributed by atoms with Gasteiger partial charge in [0.1, 0.15) is 11.4 Å². The Kier molecular flexibility index (Phi) is 4.35. The second-order valence-corrected chi connectivity index (χ2v) is 7.39. The number of hydrogen-bond donors (Lipinski definition) is 1. The van der Waals surface area contributed by atoms with E-state index in [1.54, 1.807) is 0 Å². The Labute approximate surface area is 144 Å². The number of carbonyl (C=O) groups is 1. The van der Waals surface area contributed by atoms with E-state index >= 15 is 0 Å². The average molecular weight is 323 g/mol. The molecule has 0 radical (unpaired) electrons. The van der Waals surface area contributed by atoms with Crippen molar-refractivity contribution in [2.45, 2.75) is 52.2 Å². The summed E-state index contributed by atoms with van der Waals surface area (Å²) in [7, 11) is 0. The second kappa shape index (κ2) is 6.31. The van der Waals surface area contributed by atoms with Gasteiger partial charge in [-0.1, -0.05) is 47.5 Å². The summed E-state index contributed by atoms with van der Waals surface area (Å²) in [6.45, 7) is 8.24. The zero-order chi connectivity index (χ0) is 17.3. The Balaban J connectivity index is 1.77. The van der Waals surface area contributed by atoms with Crippen LogP contribution in [-0.4, -0.2) is 11.5 Å². The summed E-state index contributed by atoms with van der Waals surface area (Å²) in [5.41, 5.74) is 4.20. The fourth-order valence-electron chi connectivity index (χ4n) is 3.24. The molecule has 0 saturated carbocycles. The van der Waals surface area contributed by atoms with Crippen LogP contribution in [0, 0.1) is 13.8 Å². The first-order valence-electron chi connectivity index (χ1n) is 8.47. The first kappa shape index (κ1) is 16.6. The number of hydrogen-bond acceptors (Lipinski definition) is 2. The van der Waals surface area contributed by atoms with Crippen molar-refractivity contribution in [2.24, 2.45) is 0 Å². The summed E-state index contributed by atoms with van der Waals surface area (Å²) < 4.78 is 6.07. The van der Waals surface area contributed by atoms with E-state index in [9.17, 15) is 4.79 Å². The number of amides is 1. The van der Waals surface area contributed by atoms with Crippen LogP contribution in [0.2, 0.25) is 0 Å². The summed E-state index contributed by atoms with van der Waals surface area (Å²) in [6, 6.07) is 14.3.